The van der Waals surface area contributed by atoms with Gasteiger partial charge in [0, 0.05) is 13.1 Å². The van der Waals surface area contributed by atoms with Crippen molar-refractivity contribution in [1.82, 2.24) is 4.31 Å². The lowest BCUT2D eigenvalue weighted by Gasteiger charge is -2.32. The van der Waals surface area contributed by atoms with Crippen LogP contribution in [0.4, 0.5) is 0 Å². The van der Waals surface area contributed by atoms with E-state index in [1.54, 1.807) is 28.6 Å². The summed E-state index contributed by atoms with van der Waals surface area (Å²) in [7, 11) is -3.52. The first-order valence-corrected chi connectivity index (χ1v) is 10.2. The van der Waals surface area contributed by atoms with Crippen molar-refractivity contribution in [3.8, 4) is 0 Å². The Morgan fingerprint density at radius 2 is 1.96 bits per heavy atom. The molecule has 1 atom stereocenters. The van der Waals surface area contributed by atoms with Crippen LogP contribution in [-0.2, 0) is 21.2 Å². The molecule has 5 nitrogen and oxygen atoms in total. The molecule has 1 aliphatic rings. The summed E-state index contributed by atoms with van der Waals surface area (Å²) in [5.74, 6) is -0.786. The van der Waals surface area contributed by atoms with Crippen molar-refractivity contribution < 1.29 is 18.3 Å². The van der Waals surface area contributed by atoms with E-state index >= 15 is 0 Å². The molecule has 0 bridgehead atoms. The van der Waals surface area contributed by atoms with Gasteiger partial charge in [0.1, 0.15) is 0 Å². The van der Waals surface area contributed by atoms with Gasteiger partial charge < -0.3 is 5.11 Å². The van der Waals surface area contributed by atoms with E-state index in [9.17, 15) is 13.2 Å². The molecule has 26 heavy (non-hydrogen) atoms. The van der Waals surface area contributed by atoms with Gasteiger partial charge in [0.15, 0.2) is 0 Å². The van der Waals surface area contributed by atoms with Crippen molar-refractivity contribution in [1.29, 1.82) is 0 Å². The fourth-order valence-corrected chi connectivity index (χ4v) is 5.12. The highest BCUT2D eigenvalue weighted by atomic mass is 32.2. The van der Waals surface area contributed by atoms with Crippen molar-refractivity contribution in [3.63, 3.8) is 0 Å². The van der Waals surface area contributed by atoms with E-state index in [-0.39, 0.29) is 12.3 Å². The first kappa shape index (κ1) is 18.6. The van der Waals surface area contributed by atoms with Gasteiger partial charge in [-0.15, -0.1) is 0 Å². The molecule has 2 aromatic rings. The van der Waals surface area contributed by atoms with Crippen LogP contribution >= 0.6 is 0 Å². The molecular formula is C20H23NO4S. The predicted octanol–water partition coefficient (Wildman–Crippen LogP) is 3.19. The van der Waals surface area contributed by atoms with Crippen molar-refractivity contribution in [2.45, 2.75) is 37.0 Å². The molecule has 1 heterocycles. The Balaban J connectivity index is 1.82. The minimum atomic E-state index is -3.52. The Bertz CT molecular complexity index is 908. The average Bonchev–Trinajstić information content (AvgIpc) is 2.61. The number of carboxylic acid groups (broad SMARTS) is 1. The Kier molecular flexibility index (Phi) is 5.44. The molecule has 6 heteroatoms. The molecule has 0 aliphatic carbocycles. The van der Waals surface area contributed by atoms with Crippen LogP contribution in [0.3, 0.4) is 0 Å². The largest absolute Gasteiger partial charge is 0.481 e. The Labute approximate surface area is 154 Å². The average molecular weight is 373 g/mol. The summed E-state index contributed by atoms with van der Waals surface area (Å²) in [4.78, 5) is 11.3. The molecule has 0 radical (unpaired) electrons. The van der Waals surface area contributed by atoms with Crippen LogP contribution in [0.2, 0.25) is 0 Å². The molecule has 2 aromatic carbocycles. The number of rotatable bonds is 5. The zero-order valence-corrected chi connectivity index (χ0v) is 15.6. The maximum atomic E-state index is 13.0. The highest BCUT2D eigenvalue weighted by Gasteiger charge is 2.31. The molecule has 1 fully saturated rings. The molecule has 0 aromatic heterocycles. The van der Waals surface area contributed by atoms with Crippen molar-refractivity contribution in [2.75, 3.05) is 13.1 Å². The van der Waals surface area contributed by atoms with E-state index < -0.39 is 16.0 Å². The number of aryl methyl sites for hydroxylation is 1. The number of benzene rings is 2. The third-order valence-corrected chi connectivity index (χ3v) is 6.65. The fourth-order valence-electron chi connectivity index (χ4n) is 3.49. The quantitative estimate of drug-likeness (QED) is 0.873. The van der Waals surface area contributed by atoms with E-state index in [1.807, 2.05) is 31.2 Å². The van der Waals surface area contributed by atoms with Gasteiger partial charge in [-0.05, 0) is 54.5 Å². The minimum absolute atomic E-state index is 0.0220. The molecule has 1 unspecified atom stereocenters. The highest BCUT2D eigenvalue weighted by Crippen LogP contribution is 2.31. The van der Waals surface area contributed by atoms with Gasteiger partial charge in [-0.25, -0.2) is 8.42 Å². The van der Waals surface area contributed by atoms with Crippen LogP contribution in [0.5, 0.6) is 0 Å². The van der Waals surface area contributed by atoms with E-state index in [4.69, 9.17) is 5.11 Å². The third kappa shape index (κ3) is 4.14. The highest BCUT2D eigenvalue weighted by molar-refractivity contribution is 7.89. The van der Waals surface area contributed by atoms with Crippen LogP contribution in [0.25, 0.3) is 0 Å². The third-order valence-electron chi connectivity index (χ3n) is 4.79. The minimum Gasteiger partial charge on any atom is -0.481 e. The van der Waals surface area contributed by atoms with Gasteiger partial charge in [-0.2, -0.15) is 4.31 Å². The summed E-state index contributed by atoms with van der Waals surface area (Å²) in [6, 6.07) is 14.5. The fraction of sp³-hybridized carbons (Fsp3) is 0.350. The maximum Gasteiger partial charge on any atom is 0.307 e. The SMILES string of the molecule is Cc1cccc(S(=O)(=O)N2CCCC(c3cccc(CC(=O)O)c3)C2)c1. The topological polar surface area (TPSA) is 74.7 Å². The van der Waals surface area contributed by atoms with Crippen LogP contribution in [-0.4, -0.2) is 36.9 Å². The molecule has 0 spiro atoms. The van der Waals surface area contributed by atoms with Crippen LogP contribution in [0, 0.1) is 6.92 Å². The second-order valence-electron chi connectivity index (χ2n) is 6.83. The standard InChI is InChI=1S/C20H23NO4S/c1-15-5-2-9-19(11-15)26(24,25)21-10-4-8-18(14-21)17-7-3-6-16(12-17)13-20(22)23/h2-3,5-7,9,11-12,18H,4,8,10,13-14H2,1H3,(H,22,23). The summed E-state index contributed by atoms with van der Waals surface area (Å²) in [6.07, 6.45) is 1.67. The molecule has 1 N–H and O–H groups in total. The lowest BCUT2D eigenvalue weighted by molar-refractivity contribution is -0.136. The number of nitrogens with zero attached hydrogens (tertiary/aromatic N) is 1. The molecule has 1 aliphatic heterocycles. The maximum absolute atomic E-state index is 13.0. The lowest BCUT2D eigenvalue weighted by atomic mass is 9.90. The van der Waals surface area contributed by atoms with Crippen LogP contribution in [0.15, 0.2) is 53.4 Å². The Hall–Kier alpha value is -2.18. The van der Waals surface area contributed by atoms with Gasteiger partial charge in [0.2, 0.25) is 10.0 Å². The molecule has 1 saturated heterocycles. The molecule has 3 rings (SSSR count). The number of hydrogen-bond donors (Lipinski definition) is 1. The second-order valence-corrected chi connectivity index (χ2v) is 8.77. The first-order chi connectivity index (χ1) is 12.4. The van der Waals surface area contributed by atoms with Crippen LogP contribution in [0.1, 0.15) is 35.4 Å². The lowest BCUT2D eigenvalue weighted by Crippen LogP contribution is -2.39. The summed E-state index contributed by atoms with van der Waals surface area (Å²) < 4.78 is 27.5. The number of sulfonamides is 1. The Morgan fingerprint density at radius 3 is 2.69 bits per heavy atom. The van der Waals surface area contributed by atoms with E-state index in [0.29, 0.717) is 18.0 Å². The molecular weight excluding hydrogens is 350 g/mol. The predicted molar refractivity (Wildman–Crippen MR) is 99.7 cm³/mol. The zero-order valence-electron chi connectivity index (χ0n) is 14.8. The number of hydrogen-bond acceptors (Lipinski definition) is 3. The number of piperidine rings is 1. The van der Waals surface area contributed by atoms with E-state index in [1.165, 1.54) is 0 Å². The van der Waals surface area contributed by atoms with Crippen molar-refractivity contribution in [3.05, 3.63) is 65.2 Å². The van der Waals surface area contributed by atoms with Gasteiger partial charge >= 0.3 is 5.97 Å². The summed E-state index contributed by atoms with van der Waals surface area (Å²) >= 11 is 0. The smallest absolute Gasteiger partial charge is 0.307 e. The summed E-state index contributed by atoms with van der Waals surface area (Å²) in [6.45, 7) is 2.82. The summed E-state index contributed by atoms with van der Waals surface area (Å²) in [5, 5.41) is 8.98. The van der Waals surface area contributed by atoms with Gasteiger partial charge in [-0.3, -0.25) is 4.79 Å². The number of carbonyl (C=O) groups is 1. The van der Waals surface area contributed by atoms with Crippen molar-refractivity contribution in [2.24, 2.45) is 0 Å². The van der Waals surface area contributed by atoms with Gasteiger partial charge in [0.25, 0.3) is 0 Å². The molecule has 0 amide bonds. The van der Waals surface area contributed by atoms with Crippen molar-refractivity contribution >= 4 is 16.0 Å². The van der Waals surface area contributed by atoms with Gasteiger partial charge in [0.05, 0.1) is 11.3 Å². The number of aliphatic carboxylic acids is 1. The zero-order chi connectivity index (χ0) is 18.7. The van der Waals surface area contributed by atoms with E-state index in [2.05, 4.69) is 0 Å². The second kappa shape index (κ2) is 7.60. The number of carboxylic acids is 1. The van der Waals surface area contributed by atoms with E-state index in [0.717, 1.165) is 29.5 Å². The normalized spacial score (nSPS) is 18.6. The van der Waals surface area contributed by atoms with Crippen LogP contribution < -0.4 is 0 Å². The summed E-state index contributed by atoms with van der Waals surface area (Å²) in [5.41, 5.74) is 2.67. The monoisotopic (exact) mass is 373 g/mol. The Morgan fingerprint density at radius 1 is 1.19 bits per heavy atom. The van der Waals surface area contributed by atoms with Gasteiger partial charge in [-0.1, -0.05) is 36.4 Å². The molecule has 138 valence electrons. The molecule has 0 saturated carbocycles. The first-order valence-electron chi connectivity index (χ1n) is 8.74.